The first-order chi connectivity index (χ1) is 19.2. The summed E-state index contributed by atoms with van der Waals surface area (Å²) in [6.07, 6.45) is -8.13. The van der Waals surface area contributed by atoms with E-state index < -0.39 is 51.4 Å². The summed E-state index contributed by atoms with van der Waals surface area (Å²) in [6.45, 7) is 3.08. The van der Waals surface area contributed by atoms with Gasteiger partial charge in [-0.2, -0.15) is 26.3 Å². The maximum absolute atomic E-state index is 14.0. The number of rotatable bonds is 8. The van der Waals surface area contributed by atoms with Crippen LogP contribution in [0.15, 0.2) is 36.4 Å². The van der Waals surface area contributed by atoms with Gasteiger partial charge in [0.05, 0.1) is 32.8 Å². The lowest BCUT2D eigenvalue weighted by atomic mass is 9.77. The van der Waals surface area contributed by atoms with E-state index in [4.69, 9.17) is 23.2 Å². The van der Waals surface area contributed by atoms with Crippen molar-refractivity contribution >= 4 is 39.1 Å². The number of carbonyl (C=O) groups excluding carboxylic acids is 1. The monoisotopic (exact) mass is 661 g/mol. The zero-order valence-electron chi connectivity index (χ0n) is 23.1. The van der Waals surface area contributed by atoms with Crippen molar-refractivity contribution < 1.29 is 39.6 Å². The summed E-state index contributed by atoms with van der Waals surface area (Å²) in [6, 6.07) is 5.84. The molecule has 234 valence electrons. The number of halogens is 8. The van der Waals surface area contributed by atoms with Gasteiger partial charge in [-0.15, -0.1) is 0 Å². The zero-order valence-corrected chi connectivity index (χ0v) is 25.4. The third kappa shape index (κ3) is 8.52. The van der Waals surface area contributed by atoms with Crippen LogP contribution in [0.4, 0.5) is 26.3 Å². The van der Waals surface area contributed by atoms with E-state index in [1.165, 1.54) is 23.5 Å². The average Bonchev–Trinajstić information content (AvgIpc) is 3.13. The second-order valence-electron chi connectivity index (χ2n) is 10.6. The van der Waals surface area contributed by atoms with Gasteiger partial charge in [0.25, 0.3) is 0 Å². The van der Waals surface area contributed by atoms with Gasteiger partial charge < -0.3 is 9.80 Å². The van der Waals surface area contributed by atoms with Crippen LogP contribution in [-0.4, -0.2) is 74.5 Å². The normalized spacial score (nSPS) is 17.5. The molecular formula is C27H31Cl2F6N3O3S. The molecule has 0 radical (unpaired) electrons. The van der Waals surface area contributed by atoms with Crippen LogP contribution >= 0.6 is 23.2 Å². The smallest absolute Gasteiger partial charge is 0.341 e. The molecule has 2 aromatic carbocycles. The van der Waals surface area contributed by atoms with Gasteiger partial charge in [-0.3, -0.25) is 4.79 Å². The molecule has 1 fully saturated rings. The standard InChI is InChI=1S/C27H31Cl2F6N3O3S/c1-25(19-5-6-22(28)23(29)16-19,7-10-37-8-4-9-38(12-11-37)42(3,40)41)24(39)36(2)17-18-13-20(26(30,31)32)15-21(14-18)27(33,34)35/h5-6,13-16H,4,7-12,17H2,1-3H3. The van der Waals surface area contributed by atoms with E-state index in [2.05, 4.69) is 0 Å². The number of alkyl halides is 6. The molecule has 42 heavy (non-hydrogen) atoms. The highest BCUT2D eigenvalue weighted by molar-refractivity contribution is 7.88. The van der Waals surface area contributed by atoms with Crippen LogP contribution in [0.5, 0.6) is 0 Å². The first-order valence-corrected chi connectivity index (χ1v) is 15.5. The van der Waals surface area contributed by atoms with Crippen LogP contribution in [0.25, 0.3) is 0 Å². The summed E-state index contributed by atoms with van der Waals surface area (Å²) in [4.78, 5) is 17.1. The highest BCUT2D eigenvalue weighted by Gasteiger charge is 2.40. The van der Waals surface area contributed by atoms with Crippen LogP contribution in [-0.2, 0) is 39.1 Å². The Bertz CT molecular complexity index is 1370. The van der Waals surface area contributed by atoms with Crippen molar-refractivity contribution in [1.82, 2.24) is 14.1 Å². The maximum Gasteiger partial charge on any atom is 0.416 e. The molecule has 1 atom stereocenters. The van der Waals surface area contributed by atoms with Crippen molar-refractivity contribution in [2.24, 2.45) is 0 Å². The highest BCUT2D eigenvalue weighted by atomic mass is 35.5. The van der Waals surface area contributed by atoms with Crippen molar-refractivity contribution in [3.05, 3.63) is 68.7 Å². The van der Waals surface area contributed by atoms with Crippen LogP contribution in [0.1, 0.15) is 42.0 Å². The lowest BCUT2D eigenvalue weighted by molar-refractivity contribution is -0.143. The number of amides is 1. The Kier molecular flexibility index (Phi) is 10.6. The fourth-order valence-electron chi connectivity index (χ4n) is 4.98. The molecule has 1 aliphatic rings. The molecule has 2 aromatic rings. The van der Waals surface area contributed by atoms with Crippen LogP contribution in [0.2, 0.25) is 10.0 Å². The maximum atomic E-state index is 14.0. The Hall–Kier alpha value is -2.06. The Morgan fingerprint density at radius 3 is 2.00 bits per heavy atom. The van der Waals surface area contributed by atoms with Gasteiger partial charge in [-0.1, -0.05) is 29.3 Å². The topological polar surface area (TPSA) is 60.9 Å². The van der Waals surface area contributed by atoms with Gasteiger partial charge in [-0.25, -0.2) is 12.7 Å². The third-order valence-corrected chi connectivity index (χ3v) is 9.43. The quantitative estimate of drug-likeness (QED) is 0.312. The molecule has 0 N–H and O–H groups in total. The molecule has 0 aliphatic carbocycles. The van der Waals surface area contributed by atoms with Gasteiger partial charge in [0, 0.05) is 33.2 Å². The lowest BCUT2D eigenvalue weighted by Crippen LogP contribution is -2.45. The Labute approximate surface area is 251 Å². The first-order valence-electron chi connectivity index (χ1n) is 12.9. The van der Waals surface area contributed by atoms with Crippen molar-refractivity contribution in [2.75, 3.05) is 46.0 Å². The predicted molar refractivity (Wildman–Crippen MR) is 149 cm³/mol. The molecule has 0 bridgehead atoms. The van der Waals surface area contributed by atoms with Crippen molar-refractivity contribution in [1.29, 1.82) is 0 Å². The number of sulfonamides is 1. The fourth-order valence-corrected chi connectivity index (χ4v) is 6.15. The third-order valence-electron chi connectivity index (χ3n) is 7.39. The van der Waals surface area contributed by atoms with Gasteiger partial charge in [-0.05, 0) is 74.3 Å². The van der Waals surface area contributed by atoms with Crippen molar-refractivity contribution in [3.63, 3.8) is 0 Å². The van der Waals surface area contributed by atoms with Gasteiger partial charge >= 0.3 is 12.4 Å². The van der Waals surface area contributed by atoms with Crippen LogP contribution in [0, 0.1) is 0 Å². The van der Waals surface area contributed by atoms with E-state index in [0.717, 1.165) is 11.2 Å². The number of hydrogen-bond acceptors (Lipinski definition) is 4. The predicted octanol–water partition coefficient (Wildman–Crippen LogP) is 6.30. The fraction of sp³-hybridized carbons (Fsp3) is 0.519. The van der Waals surface area contributed by atoms with Gasteiger partial charge in [0.2, 0.25) is 15.9 Å². The van der Waals surface area contributed by atoms with Gasteiger partial charge in [0.15, 0.2) is 0 Å². The summed E-state index contributed by atoms with van der Waals surface area (Å²) < 4.78 is 106. The largest absolute Gasteiger partial charge is 0.416 e. The van der Waals surface area contributed by atoms with E-state index in [-0.39, 0.29) is 34.6 Å². The van der Waals surface area contributed by atoms with Crippen LogP contribution in [0.3, 0.4) is 0 Å². The number of carbonyl (C=O) groups is 1. The summed E-state index contributed by atoms with van der Waals surface area (Å²) in [5, 5.41) is 0.405. The molecule has 1 heterocycles. The molecule has 0 aromatic heterocycles. The number of benzene rings is 2. The highest BCUT2D eigenvalue weighted by Crippen LogP contribution is 2.38. The summed E-state index contributed by atoms with van der Waals surface area (Å²) in [5.74, 6) is -0.556. The van der Waals surface area contributed by atoms with E-state index in [1.54, 1.807) is 13.0 Å². The molecule has 1 saturated heterocycles. The van der Waals surface area contributed by atoms with Crippen LogP contribution < -0.4 is 0 Å². The van der Waals surface area contributed by atoms with E-state index >= 15 is 0 Å². The van der Waals surface area contributed by atoms with E-state index in [9.17, 15) is 39.6 Å². The number of hydrogen-bond donors (Lipinski definition) is 0. The molecule has 6 nitrogen and oxygen atoms in total. The van der Waals surface area contributed by atoms with Gasteiger partial charge in [0.1, 0.15) is 0 Å². The minimum Gasteiger partial charge on any atom is -0.341 e. The minimum atomic E-state index is -5.02. The number of nitrogens with zero attached hydrogens (tertiary/aromatic N) is 3. The summed E-state index contributed by atoms with van der Waals surface area (Å²) in [7, 11) is -2.06. The van der Waals surface area contributed by atoms with E-state index in [1.807, 2.05) is 4.90 Å². The summed E-state index contributed by atoms with van der Waals surface area (Å²) >= 11 is 12.3. The molecule has 1 unspecified atom stereocenters. The Morgan fingerprint density at radius 2 is 1.48 bits per heavy atom. The average molecular weight is 663 g/mol. The lowest BCUT2D eigenvalue weighted by Gasteiger charge is -2.35. The zero-order chi connectivity index (χ0) is 31.7. The summed E-state index contributed by atoms with van der Waals surface area (Å²) in [5.41, 5.74) is -4.12. The van der Waals surface area contributed by atoms with Crippen molar-refractivity contribution in [2.45, 2.75) is 44.1 Å². The molecule has 15 heteroatoms. The minimum absolute atomic E-state index is 0.0389. The van der Waals surface area contributed by atoms with E-state index in [0.29, 0.717) is 50.3 Å². The molecule has 0 saturated carbocycles. The molecule has 1 amide bonds. The first kappa shape index (κ1) is 34.4. The Morgan fingerprint density at radius 1 is 0.881 bits per heavy atom. The molecule has 0 spiro atoms. The van der Waals surface area contributed by atoms with Crippen molar-refractivity contribution in [3.8, 4) is 0 Å². The molecular weight excluding hydrogens is 631 g/mol. The second-order valence-corrected chi connectivity index (χ2v) is 13.4. The Balaban J connectivity index is 1.91. The number of likely N-dealkylation sites (N-methyl/N-ethyl adjacent to an activating group) is 1. The second kappa shape index (κ2) is 12.9. The molecule has 1 aliphatic heterocycles. The SMILES string of the molecule is CN(Cc1cc(C(F)(F)F)cc(C(F)(F)F)c1)C(=O)C(C)(CCN1CCCN(S(C)(=O)=O)CC1)c1ccc(Cl)c(Cl)c1. The molecule has 3 rings (SSSR count).